The average molecular weight is 271 g/mol. The third-order valence-corrected chi connectivity index (χ3v) is 2.62. The number of ether oxygens (including phenoxy) is 1. The number of rotatable bonds is 5. The van der Waals surface area contributed by atoms with Crippen LogP contribution in [0.4, 0.5) is 13.2 Å². The topological polar surface area (TPSA) is 27.1 Å². The Hall–Kier alpha value is -0.750. The Morgan fingerprint density at radius 1 is 1.53 bits per heavy atom. The maximum atomic E-state index is 11.9. The molecule has 1 rings (SSSR count). The second-order valence-corrected chi connectivity index (χ2v) is 4.18. The number of halogens is 4. The summed E-state index contributed by atoms with van der Waals surface area (Å²) in [4.78, 5) is 0. The minimum atomic E-state index is -4.33. The average Bonchev–Trinajstić information content (AvgIpc) is 2.57. The van der Waals surface area contributed by atoms with Gasteiger partial charge in [-0.3, -0.25) is 4.68 Å². The van der Waals surface area contributed by atoms with Gasteiger partial charge in [0.1, 0.15) is 12.3 Å². The van der Waals surface area contributed by atoms with Crippen molar-refractivity contribution in [3.8, 4) is 0 Å². The van der Waals surface area contributed by atoms with Crippen LogP contribution < -0.4 is 0 Å². The van der Waals surface area contributed by atoms with E-state index in [0.717, 1.165) is 6.42 Å². The van der Waals surface area contributed by atoms with Gasteiger partial charge in [0.15, 0.2) is 0 Å². The Kier molecular flexibility index (Phi) is 4.82. The summed E-state index contributed by atoms with van der Waals surface area (Å²) < 4.78 is 41.7. The molecule has 0 aliphatic carbocycles. The second kappa shape index (κ2) is 5.73. The largest absolute Gasteiger partial charge is 0.411 e. The molecule has 0 spiro atoms. The summed E-state index contributed by atoms with van der Waals surface area (Å²) in [5.74, 6) is 0. The molecule has 1 aromatic rings. The highest BCUT2D eigenvalue weighted by molar-refractivity contribution is 6.31. The van der Waals surface area contributed by atoms with E-state index in [4.69, 9.17) is 11.6 Å². The lowest BCUT2D eigenvalue weighted by molar-refractivity contribution is -0.176. The molecule has 17 heavy (non-hydrogen) atoms. The van der Waals surface area contributed by atoms with E-state index in [-0.39, 0.29) is 12.6 Å². The number of aromatic nitrogens is 2. The van der Waals surface area contributed by atoms with Crippen LogP contribution in [0.2, 0.25) is 5.02 Å². The van der Waals surface area contributed by atoms with Crippen molar-refractivity contribution in [1.82, 2.24) is 9.78 Å². The normalized spacial score (nSPS) is 14.0. The number of hydrogen-bond acceptors (Lipinski definition) is 2. The molecular weight excluding hydrogens is 257 g/mol. The fourth-order valence-electron chi connectivity index (χ4n) is 1.18. The van der Waals surface area contributed by atoms with Crippen LogP contribution >= 0.6 is 11.6 Å². The molecule has 0 aliphatic rings. The van der Waals surface area contributed by atoms with Gasteiger partial charge in [-0.25, -0.2) is 0 Å². The van der Waals surface area contributed by atoms with Gasteiger partial charge >= 0.3 is 6.18 Å². The molecule has 0 bridgehead atoms. The summed E-state index contributed by atoms with van der Waals surface area (Å²) in [6, 6.07) is 0.156. The molecule has 0 aromatic carbocycles. The molecule has 98 valence electrons. The minimum absolute atomic E-state index is 0.156. The van der Waals surface area contributed by atoms with Crippen LogP contribution in [0.25, 0.3) is 0 Å². The van der Waals surface area contributed by atoms with Gasteiger partial charge in [-0.2, -0.15) is 18.3 Å². The van der Waals surface area contributed by atoms with Gasteiger partial charge in [0.05, 0.1) is 11.6 Å². The van der Waals surface area contributed by atoms with Crippen molar-refractivity contribution >= 4 is 11.6 Å². The second-order valence-electron chi connectivity index (χ2n) is 3.77. The first-order chi connectivity index (χ1) is 7.83. The van der Waals surface area contributed by atoms with Gasteiger partial charge in [-0.1, -0.05) is 18.5 Å². The summed E-state index contributed by atoms with van der Waals surface area (Å²) in [5.41, 5.74) is 0.330. The predicted octanol–water partition coefficient (Wildman–Crippen LogP) is 3.59. The van der Waals surface area contributed by atoms with Crippen LogP contribution in [-0.4, -0.2) is 22.6 Å². The monoisotopic (exact) mass is 270 g/mol. The van der Waals surface area contributed by atoms with Crippen molar-refractivity contribution in [1.29, 1.82) is 0 Å². The van der Waals surface area contributed by atoms with Gasteiger partial charge in [0.25, 0.3) is 0 Å². The third kappa shape index (κ3) is 4.55. The van der Waals surface area contributed by atoms with Crippen LogP contribution in [0.15, 0.2) is 6.20 Å². The molecule has 0 unspecified atom stereocenters. The summed E-state index contributed by atoms with van der Waals surface area (Å²) >= 11 is 5.85. The van der Waals surface area contributed by atoms with E-state index in [1.165, 1.54) is 0 Å². The van der Waals surface area contributed by atoms with Gasteiger partial charge in [-0.15, -0.1) is 0 Å². The summed E-state index contributed by atoms with van der Waals surface area (Å²) in [6.45, 7) is 2.41. The van der Waals surface area contributed by atoms with Gasteiger partial charge < -0.3 is 4.74 Å². The number of hydrogen-bond donors (Lipinski definition) is 0. The predicted molar refractivity (Wildman–Crippen MR) is 58.0 cm³/mol. The molecule has 1 heterocycles. The maximum absolute atomic E-state index is 11.9. The lowest BCUT2D eigenvalue weighted by Gasteiger charge is -2.08. The molecule has 0 radical (unpaired) electrons. The lowest BCUT2D eigenvalue weighted by Crippen LogP contribution is -2.17. The molecule has 3 nitrogen and oxygen atoms in total. The molecule has 0 saturated heterocycles. The Labute approximate surface area is 103 Å². The first-order valence-corrected chi connectivity index (χ1v) is 5.59. The number of nitrogens with zero attached hydrogens (tertiary/aromatic N) is 2. The quantitative estimate of drug-likeness (QED) is 0.818. The van der Waals surface area contributed by atoms with Crippen LogP contribution in [0.5, 0.6) is 0 Å². The Balaban J connectivity index is 2.57. The van der Waals surface area contributed by atoms with Gasteiger partial charge in [-0.05, 0) is 13.3 Å². The molecule has 1 aromatic heterocycles. The van der Waals surface area contributed by atoms with E-state index in [9.17, 15) is 13.2 Å². The molecule has 0 saturated carbocycles. The van der Waals surface area contributed by atoms with E-state index in [1.54, 1.807) is 10.9 Å². The summed E-state index contributed by atoms with van der Waals surface area (Å²) in [5, 5.41) is 4.42. The zero-order chi connectivity index (χ0) is 13.1. The molecule has 0 fully saturated rings. The van der Waals surface area contributed by atoms with Crippen molar-refractivity contribution in [3.05, 3.63) is 16.9 Å². The fraction of sp³-hybridized carbons (Fsp3) is 0.700. The third-order valence-electron chi connectivity index (χ3n) is 2.30. The number of alkyl halides is 3. The van der Waals surface area contributed by atoms with Crippen molar-refractivity contribution < 1.29 is 17.9 Å². The Morgan fingerprint density at radius 3 is 2.71 bits per heavy atom. The summed E-state index contributed by atoms with van der Waals surface area (Å²) in [7, 11) is 0. The van der Waals surface area contributed by atoms with Crippen LogP contribution in [-0.2, 0) is 11.3 Å². The van der Waals surface area contributed by atoms with Crippen molar-refractivity contribution in [2.75, 3.05) is 6.61 Å². The van der Waals surface area contributed by atoms with Crippen molar-refractivity contribution in [2.24, 2.45) is 0 Å². The first-order valence-electron chi connectivity index (χ1n) is 5.21. The van der Waals surface area contributed by atoms with Crippen LogP contribution in [0.1, 0.15) is 32.0 Å². The van der Waals surface area contributed by atoms with Gasteiger partial charge in [0.2, 0.25) is 0 Å². The zero-order valence-corrected chi connectivity index (χ0v) is 10.3. The SMILES string of the molecule is CC[C@@H](C)n1cc(Cl)c(COCC(F)(F)F)n1. The standard InChI is InChI=1S/C10H14ClF3N2O/c1-3-7(2)16-4-8(11)9(15-16)5-17-6-10(12,13)14/h4,7H,3,5-6H2,1-2H3/t7-/m1/s1. The minimum Gasteiger partial charge on any atom is -0.366 e. The fourth-order valence-corrected chi connectivity index (χ4v) is 1.37. The molecular formula is C10H14ClF3N2O. The van der Waals surface area contributed by atoms with Crippen LogP contribution in [0.3, 0.4) is 0 Å². The van der Waals surface area contributed by atoms with Crippen molar-refractivity contribution in [2.45, 2.75) is 39.1 Å². The Morgan fingerprint density at radius 2 is 2.18 bits per heavy atom. The van der Waals surface area contributed by atoms with Crippen LogP contribution in [0, 0.1) is 0 Å². The molecule has 7 heteroatoms. The molecule has 0 aliphatic heterocycles. The highest BCUT2D eigenvalue weighted by Crippen LogP contribution is 2.20. The summed E-state index contributed by atoms with van der Waals surface area (Å²) in [6.07, 6.45) is -1.87. The van der Waals surface area contributed by atoms with E-state index >= 15 is 0 Å². The van der Waals surface area contributed by atoms with Crippen molar-refractivity contribution in [3.63, 3.8) is 0 Å². The molecule has 0 amide bonds. The Bertz CT molecular complexity index is 365. The maximum Gasteiger partial charge on any atom is 0.411 e. The highest BCUT2D eigenvalue weighted by Gasteiger charge is 2.27. The van der Waals surface area contributed by atoms with Gasteiger partial charge in [0, 0.05) is 12.2 Å². The van der Waals surface area contributed by atoms with E-state index in [0.29, 0.717) is 10.7 Å². The highest BCUT2D eigenvalue weighted by atomic mass is 35.5. The smallest absolute Gasteiger partial charge is 0.366 e. The molecule has 0 N–H and O–H groups in total. The van der Waals surface area contributed by atoms with E-state index in [1.807, 2.05) is 13.8 Å². The van der Waals surface area contributed by atoms with E-state index < -0.39 is 12.8 Å². The van der Waals surface area contributed by atoms with E-state index in [2.05, 4.69) is 9.84 Å². The molecule has 1 atom stereocenters. The lowest BCUT2D eigenvalue weighted by atomic mass is 10.3. The zero-order valence-electron chi connectivity index (χ0n) is 9.59. The first kappa shape index (κ1) is 14.3.